The van der Waals surface area contributed by atoms with Crippen molar-refractivity contribution in [3.05, 3.63) is 0 Å². The zero-order valence-corrected chi connectivity index (χ0v) is 24.9. The quantitative estimate of drug-likeness (QED) is 0.0879. The smallest absolute Gasteiger partial charge is 0.410 e. The lowest BCUT2D eigenvalue weighted by Gasteiger charge is -2.43. The van der Waals surface area contributed by atoms with Gasteiger partial charge in [-0.15, -0.1) is 0 Å². The highest BCUT2D eigenvalue weighted by atomic mass is 19.4. The molecular formula is C26H34F16O4. The fraction of sp³-hybridized carbons (Fsp3) is 0.923. The minimum Gasteiger partial charge on any atom is -0.461 e. The van der Waals surface area contributed by atoms with Crippen molar-refractivity contribution in [1.29, 1.82) is 0 Å². The van der Waals surface area contributed by atoms with Crippen LogP contribution in [0.25, 0.3) is 0 Å². The van der Waals surface area contributed by atoms with Crippen LogP contribution in [0.2, 0.25) is 0 Å². The number of carbonyl (C=O) groups is 2. The van der Waals surface area contributed by atoms with Gasteiger partial charge in [-0.05, 0) is 24.7 Å². The van der Waals surface area contributed by atoms with Crippen molar-refractivity contribution in [3.63, 3.8) is 0 Å². The molecule has 0 N–H and O–H groups in total. The first-order valence-electron chi connectivity index (χ1n) is 13.9. The summed E-state index contributed by atoms with van der Waals surface area (Å²) in [5.41, 5.74) is 0. The third-order valence-corrected chi connectivity index (χ3v) is 7.26. The summed E-state index contributed by atoms with van der Waals surface area (Å²) in [4.78, 5) is 23.1. The van der Waals surface area contributed by atoms with Crippen molar-refractivity contribution in [2.24, 2.45) is 11.8 Å². The standard InChI is InChI=1S/C26H34F16O4/c1-5-9-11-15(7-3)13-45-17(43)19(27,28)21(31,32)23(35,36)25(39,40)26(41,42)24(37,38)22(33,34)20(29,30)18(44)46-14-16(8-4)12-10-6-2/h15-16H,5-14H2,1-4H3. The van der Waals surface area contributed by atoms with Crippen molar-refractivity contribution >= 4 is 11.9 Å². The molecule has 274 valence electrons. The molecule has 0 spiro atoms. The topological polar surface area (TPSA) is 52.6 Å². The fourth-order valence-electron chi connectivity index (χ4n) is 3.80. The molecule has 0 radical (unpaired) electrons. The third-order valence-electron chi connectivity index (χ3n) is 7.26. The van der Waals surface area contributed by atoms with Gasteiger partial charge in [-0.2, -0.15) is 70.2 Å². The van der Waals surface area contributed by atoms with Crippen molar-refractivity contribution in [2.45, 2.75) is 126 Å². The van der Waals surface area contributed by atoms with Gasteiger partial charge >= 0.3 is 59.3 Å². The van der Waals surface area contributed by atoms with Crippen molar-refractivity contribution in [3.8, 4) is 0 Å². The monoisotopic (exact) mass is 714 g/mol. The first kappa shape index (κ1) is 43.8. The van der Waals surface area contributed by atoms with E-state index in [0.29, 0.717) is 25.7 Å². The second kappa shape index (κ2) is 15.4. The number of ether oxygens (including phenoxy) is 2. The Labute approximate surface area is 253 Å². The van der Waals surface area contributed by atoms with Crippen molar-refractivity contribution < 1.29 is 89.3 Å². The molecule has 0 saturated heterocycles. The first-order valence-corrected chi connectivity index (χ1v) is 13.9. The molecule has 0 aromatic carbocycles. The van der Waals surface area contributed by atoms with E-state index in [4.69, 9.17) is 0 Å². The van der Waals surface area contributed by atoms with E-state index in [1.165, 1.54) is 13.8 Å². The number of rotatable bonds is 21. The molecule has 0 amide bonds. The van der Waals surface area contributed by atoms with Gasteiger partial charge in [-0.3, -0.25) is 0 Å². The highest BCUT2D eigenvalue weighted by Gasteiger charge is 2.96. The van der Waals surface area contributed by atoms with E-state index < -0.39 is 84.4 Å². The van der Waals surface area contributed by atoms with E-state index in [1.54, 1.807) is 13.8 Å². The second-order valence-electron chi connectivity index (χ2n) is 10.6. The molecule has 0 aliphatic heterocycles. The number of hydrogen-bond acceptors (Lipinski definition) is 4. The van der Waals surface area contributed by atoms with Crippen LogP contribution in [0.4, 0.5) is 70.2 Å². The highest BCUT2D eigenvalue weighted by Crippen LogP contribution is 2.64. The maximum Gasteiger partial charge on any atom is 0.410 e. The third kappa shape index (κ3) is 7.75. The predicted octanol–water partition coefficient (Wildman–Crippen LogP) is 9.59. The van der Waals surface area contributed by atoms with Gasteiger partial charge in [0.25, 0.3) is 0 Å². The Hall–Kier alpha value is -2.18. The molecule has 20 heteroatoms. The molecule has 0 aliphatic rings. The molecule has 0 rings (SSSR count). The molecule has 0 aliphatic carbocycles. The molecule has 2 unspecified atom stereocenters. The molecule has 0 aromatic rings. The Bertz CT molecular complexity index is 922. The lowest BCUT2D eigenvalue weighted by molar-refractivity contribution is -0.449. The normalized spacial score (nSPS) is 15.8. The first-order chi connectivity index (χ1) is 20.6. The lowest BCUT2D eigenvalue weighted by Crippen LogP contribution is -2.75. The van der Waals surface area contributed by atoms with Gasteiger partial charge in [0.2, 0.25) is 0 Å². The Balaban J connectivity index is 6.50. The van der Waals surface area contributed by atoms with E-state index >= 15 is 0 Å². The van der Waals surface area contributed by atoms with Gasteiger partial charge in [0.05, 0.1) is 13.2 Å². The van der Waals surface area contributed by atoms with Crippen LogP contribution in [-0.2, 0) is 19.1 Å². The summed E-state index contributed by atoms with van der Waals surface area (Å²) in [6.45, 7) is 3.60. The van der Waals surface area contributed by atoms with Crippen LogP contribution in [-0.4, -0.2) is 72.5 Å². The van der Waals surface area contributed by atoms with Crippen molar-refractivity contribution in [2.75, 3.05) is 13.2 Å². The van der Waals surface area contributed by atoms with Crippen LogP contribution in [0.1, 0.15) is 79.1 Å². The van der Waals surface area contributed by atoms with Crippen LogP contribution < -0.4 is 0 Å². The lowest BCUT2D eigenvalue weighted by atomic mass is 9.87. The average Bonchev–Trinajstić information content (AvgIpc) is 2.96. The van der Waals surface area contributed by atoms with Gasteiger partial charge in [0, 0.05) is 0 Å². The Morgan fingerprint density at radius 3 is 0.913 bits per heavy atom. The van der Waals surface area contributed by atoms with E-state index in [2.05, 4.69) is 9.47 Å². The summed E-state index contributed by atoms with van der Waals surface area (Å²) >= 11 is 0. The van der Waals surface area contributed by atoms with Crippen LogP contribution in [0, 0.1) is 11.8 Å². The SMILES string of the molecule is CCCCC(CC)COC(=O)C(F)(F)C(F)(F)C(F)(F)C(F)(F)C(F)(F)C(F)(F)C(F)(F)C(F)(F)C(=O)OCC(CC)CCCC. The van der Waals surface area contributed by atoms with E-state index in [-0.39, 0.29) is 25.7 Å². The molecule has 0 aromatic heterocycles. The number of unbranched alkanes of at least 4 members (excludes halogenated alkanes) is 2. The molecule has 2 atom stereocenters. The van der Waals surface area contributed by atoms with E-state index in [1.807, 2.05) is 0 Å². The Morgan fingerprint density at radius 1 is 0.457 bits per heavy atom. The molecule has 46 heavy (non-hydrogen) atoms. The number of halogens is 16. The summed E-state index contributed by atoms with van der Waals surface area (Å²) in [5, 5.41) is 0. The van der Waals surface area contributed by atoms with Crippen LogP contribution in [0.3, 0.4) is 0 Å². The summed E-state index contributed by atoms with van der Waals surface area (Å²) < 4.78 is 234. The largest absolute Gasteiger partial charge is 0.461 e. The van der Waals surface area contributed by atoms with E-state index in [0.717, 1.165) is 0 Å². The number of carbonyl (C=O) groups excluding carboxylic acids is 2. The molecule has 4 nitrogen and oxygen atoms in total. The second-order valence-corrected chi connectivity index (χ2v) is 10.6. The van der Waals surface area contributed by atoms with Crippen molar-refractivity contribution in [1.82, 2.24) is 0 Å². The zero-order valence-electron chi connectivity index (χ0n) is 24.9. The van der Waals surface area contributed by atoms with Gasteiger partial charge in [0.1, 0.15) is 0 Å². The maximum atomic E-state index is 14.2. The maximum absolute atomic E-state index is 14.2. The van der Waals surface area contributed by atoms with Crippen LogP contribution in [0.5, 0.6) is 0 Å². The molecular weight excluding hydrogens is 680 g/mol. The number of esters is 2. The number of hydrogen-bond donors (Lipinski definition) is 0. The van der Waals surface area contributed by atoms with Gasteiger partial charge in [-0.25, -0.2) is 9.59 Å². The molecule has 0 fully saturated rings. The van der Waals surface area contributed by atoms with E-state index in [9.17, 15) is 79.8 Å². The summed E-state index contributed by atoms with van der Waals surface area (Å²) in [6, 6.07) is 0. The van der Waals surface area contributed by atoms with Gasteiger partial charge in [-0.1, -0.05) is 66.2 Å². The van der Waals surface area contributed by atoms with Crippen LogP contribution >= 0.6 is 0 Å². The Kier molecular flexibility index (Phi) is 14.6. The average molecular weight is 715 g/mol. The van der Waals surface area contributed by atoms with Gasteiger partial charge < -0.3 is 9.47 Å². The number of alkyl halides is 16. The molecule has 0 saturated carbocycles. The zero-order chi connectivity index (χ0) is 36.8. The van der Waals surface area contributed by atoms with Gasteiger partial charge in [0.15, 0.2) is 0 Å². The Morgan fingerprint density at radius 2 is 0.696 bits per heavy atom. The summed E-state index contributed by atoms with van der Waals surface area (Å²) in [5.74, 6) is -74.3. The fourth-order valence-corrected chi connectivity index (χ4v) is 3.80. The molecule has 0 heterocycles. The summed E-state index contributed by atoms with van der Waals surface area (Å²) in [7, 11) is 0. The summed E-state index contributed by atoms with van der Waals surface area (Å²) in [6.07, 6.45) is 1.83. The highest BCUT2D eigenvalue weighted by molar-refractivity contribution is 5.80. The molecule has 0 bridgehead atoms. The minimum atomic E-state index is -8.74. The predicted molar refractivity (Wildman–Crippen MR) is 128 cm³/mol. The minimum absolute atomic E-state index is 0.00914. The van der Waals surface area contributed by atoms with Crippen LogP contribution in [0.15, 0.2) is 0 Å².